The summed E-state index contributed by atoms with van der Waals surface area (Å²) in [6, 6.07) is 7.23. The number of aliphatic hydroxyl groups excluding tert-OH is 1. The number of rotatable bonds is 5. The molecule has 1 aliphatic carbocycles. The Balaban J connectivity index is 2.30. The number of allylic oxidation sites excluding steroid dienone is 3. The Morgan fingerprint density at radius 3 is 2.45 bits per heavy atom. The summed E-state index contributed by atoms with van der Waals surface area (Å²) in [6.07, 6.45) is 7.38. The Bertz CT molecular complexity index is 508. The first-order valence-electron chi connectivity index (χ1n) is 6.69. The SMILES string of the molecule is OCCCC(O)(c1ccc(Cl)cc1)C1C=CC(Cl)=CC1. The summed E-state index contributed by atoms with van der Waals surface area (Å²) in [7, 11) is 0. The van der Waals surface area contributed by atoms with Crippen LogP contribution in [0.3, 0.4) is 0 Å². The quantitative estimate of drug-likeness (QED) is 0.862. The lowest BCUT2D eigenvalue weighted by atomic mass is 9.75. The Morgan fingerprint density at radius 1 is 1.20 bits per heavy atom. The molecule has 0 aromatic heterocycles. The second-order valence-electron chi connectivity index (χ2n) is 5.05. The van der Waals surface area contributed by atoms with Crippen molar-refractivity contribution < 1.29 is 10.2 Å². The predicted molar refractivity (Wildman–Crippen MR) is 82.9 cm³/mol. The van der Waals surface area contributed by atoms with E-state index in [4.69, 9.17) is 28.3 Å². The molecule has 0 heterocycles. The molecule has 0 fully saturated rings. The van der Waals surface area contributed by atoms with E-state index in [9.17, 15) is 5.11 Å². The van der Waals surface area contributed by atoms with Gasteiger partial charge in [-0.1, -0.05) is 47.5 Å². The first-order valence-corrected chi connectivity index (χ1v) is 7.45. The maximum Gasteiger partial charge on any atom is 0.0962 e. The van der Waals surface area contributed by atoms with Crippen LogP contribution in [-0.2, 0) is 5.60 Å². The van der Waals surface area contributed by atoms with Gasteiger partial charge in [-0.25, -0.2) is 0 Å². The molecule has 0 radical (unpaired) electrons. The maximum absolute atomic E-state index is 11.1. The molecule has 2 rings (SSSR count). The van der Waals surface area contributed by atoms with Crippen LogP contribution in [0.15, 0.2) is 47.5 Å². The minimum Gasteiger partial charge on any atom is -0.396 e. The van der Waals surface area contributed by atoms with Crippen molar-refractivity contribution in [1.82, 2.24) is 0 Å². The third-order valence-corrected chi connectivity index (χ3v) is 4.26. The highest BCUT2D eigenvalue weighted by atomic mass is 35.5. The van der Waals surface area contributed by atoms with Crippen LogP contribution in [0.4, 0.5) is 0 Å². The fourth-order valence-corrected chi connectivity index (χ4v) is 2.87. The molecule has 0 aliphatic heterocycles. The molecule has 108 valence electrons. The number of hydrogen-bond donors (Lipinski definition) is 2. The van der Waals surface area contributed by atoms with Crippen LogP contribution in [-0.4, -0.2) is 16.8 Å². The summed E-state index contributed by atoms with van der Waals surface area (Å²) in [5, 5.41) is 21.6. The minimum absolute atomic E-state index is 0.0577. The Morgan fingerprint density at radius 2 is 1.90 bits per heavy atom. The number of aliphatic hydroxyl groups is 2. The van der Waals surface area contributed by atoms with Gasteiger partial charge in [0.2, 0.25) is 0 Å². The molecule has 0 saturated carbocycles. The lowest BCUT2D eigenvalue weighted by Gasteiger charge is -2.36. The van der Waals surface area contributed by atoms with Gasteiger partial charge in [0, 0.05) is 22.6 Å². The zero-order valence-electron chi connectivity index (χ0n) is 11.1. The van der Waals surface area contributed by atoms with E-state index in [1.165, 1.54) is 0 Å². The van der Waals surface area contributed by atoms with Gasteiger partial charge < -0.3 is 10.2 Å². The first kappa shape index (κ1) is 15.6. The van der Waals surface area contributed by atoms with Crippen molar-refractivity contribution in [1.29, 1.82) is 0 Å². The van der Waals surface area contributed by atoms with Gasteiger partial charge in [0.15, 0.2) is 0 Å². The van der Waals surface area contributed by atoms with Gasteiger partial charge in [0.05, 0.1) is 5.60 Å². The summed E-state index contributed by atoms with van der Waals surface area (Å²) in [5.74, 6) is -0.0577. The predicted octanol–water partition coefficient (Wildman–Crippen LogP) is 4.00. The van der Waals surface area contributed by atoms with Crippen molar-refractivity contribution in [3.63, 3.8) is 0 Å². The van der Waals surface area contributed by atoms with Crippen LogP contribution >= 0.6 is 23.2 Å². The van der Waals surface area contributed by atoms with Crippen molar-refractivity contribution in [3.05, 3.63) is 58.1 Å². The van der Waals surface area contributed by atoms with Gasteiger partial charge in [-0.15, -0.1) is 0 Å². The Hall–Kier alpha value is -0.800. The van der Waals surface area contributed by atoms with Crippen LogP contribution < -0.4 is 0 Å². The summed E-state index contributed by atoms with van der Waals surface area (Å²) in [4.78, 5) is 0. The topological polar surface area (TPSA) is 40.5 Å². The van der Waals surface area contributed by atoms with E-state index in [1.54, 1.807) is 12.1 Å². The summed E-state index contributed by atoms with van der Waals surface area (Å²) in [5.41, 5.74) is -0.200. The van der Waals surface area contributed by atoms with Crippen molar-refractivity contribution in [2.45, 2.75) is 24.9 Å². The van der Waals surface area contributed by atoms with E-state index in [-0.39, 0.29) is 12.5 Å². The molecule has 2 unspecified atom stereocenters. The molecule has 2 N–H and O–H groups in total. The summed E-state index contributed by atoms with van der Waals surface area (Å²) >= 11 is 11.8. The lowest BCUT2D eigenvalue weighted by Crippen LogP contribution is -2.35. The molecule has 20 heavy (non-hydrogen) atoms. The summed E-state index contributed by atoms with van der Waals surface area (Å²) in [6.45, 7) is 0.0585. The van der Waals surface area contributed by atoms with Crippen molar-refractivity contribution in [2.75, 3.05) is 6.61 Å². The second kappa shape index (κ2) is 6.77. The molecular formula is C16H18Cl2O2. The Labute approximate surface area is 129 Å². The number of hydrogen-bond acceptors (Lipinski definition) is 2. The van der Waals surface area contributed by atoms with Crippen LogP contribution in [0.1, 0.15) is 24.8 Å². The smallest absolute Gasteiger partial charge is 0.0962 e. The number of benzene rings is 1. The fraction of sp³-hybridized carbons (Fsp3) is 0.375. The van der Waals surface area contributed by atoms with Gasteiger partial charge in [-0.3, -0.25) is 0 Å². The van der Waals surface area contributed by atoms with Crippen molar-refractivity contribution in [3.8, 4) is 0 Å². The fourth-order valence-electron chi connectivity index (χ4n) is 2.58. The molecule has 0 amide bonds. The van der Waals surface area contributed by atoms with Gasteiger partial charge in [0.1, 0.15) is 0 Å². The normalized spacial score (nSPS) is 21.4. The van der Waals surface area contributed by atoms with Crippen LogP contribution in [0, 0.1) is 5.92 Å². The zero-order valence-corrected chi connectivity index (χ0v) is 12.6. The molecule has 2 nitrogen and oxygen atoms in total. The van der Waals surface area contributed by atoms with Crippen LogP contribution in [0.25, 0.3) is 0 Å². The van der Waals surface area contributed by atoms with Gasteiger partial charge in [-0.05, 0) is 43.0 Å². The standard InChI is InChI=1S/C16H18Cl2O2/c17-14-6-2-12(3-7-14)16(20,10-1-11-19)13-4-8-15(18)9-5-13/h2-4,6-9,13,19-20H,1,5,10-11H2. The first-order chi connectivity index (χ1) is 9.56. The van der Waals surface area contributed by atoms with E-state index in [1.807, 2.05) is 30.4 Å². The third-order valence-electron chi connectivity index (χ3n) is 3.73. The highest BCUT2D eigenvalue weighted by Crippen LogP contribution is 2.39. The van der Waals surface area contributed by atoms with Crippen molar-refractivity contribution >= 4 is 23.2 Å². The molecule has 1 aromatic carbocycles. The monoisotopic (exact) mass is 312 g/mol. The molecule has 0 saturated heterocycles. The molecule has 0 bridgehead atoms. The summed E-state index contributed by atoms with van der Waals surface area (Å²) < 4.78 is 0. The minimum atomic E-state index is -1.02. The molecular weight excluding hydrogens is 295 g/mol. The van der Waals surface area contributed by atoms with E-state index >= 15 is 0 Å². The molecule has 2 atom stereocenters. The van der Waals surface area contributed by atoms with E-state index < -0.39 is 5.60 Å². The molecule has 1 aliphatic rings. The van der Waals surface area contributed by atoms with Crippen LogP contribution in [0.2, 0.25) is 5.02 Å². The third kappa shape index (κ3) is 3.44. The largest absolute Gasteiger partial charge is 0.396 e. The van der Waals surface area contributed by atoms with Crippen LogP contribution in [0.5, 0.6) is 0 Å². The molecule has 4 heteroatoms. The molecule has 1 aromatic rings. The maximum atomic E-state index is 11.1. The van der Waals surface area contributed by atoms with Gasteiger partial charge in [-0.2, -0.15) is 0 Å². The highest BCUT2D eigenvalue weighted by molar-refractivity contribution is 6.31. The zero-order chi connectivity index (χ0) is 14.6. The van der Waals surface area contributed by atoms with E-state index in [0.29, 0.717) is 29.3 Å². The van der Waals surface area contributed by atoms with Crippen molar-refractivity contribution in [2.24, 2.45) is 5.92 Å². The molecule has 0 spiro atoms. The second-order valence-corrected chi connectivity index (χ2v) is 5.92. The van der Waals surface area contributed by atoms with Gasteiger partial charge in [0.25, 0.3) is 0 Å². The van der Waals surface area contributed by atoms with Gasteiger partial charge >= 0.3 is 0 Å². The van der Waals surface area contributed by atoms with E-state index in [0.717, 1.165) is 5.56 Å². The Kier molecular flexibility index (Phi) is 5.28. The average molecular weight is 313 g/mol. The lowest BCUT2D eigenvalue weighted by molar-refractivity contribution is -0.0187. The average Bonchev–Trinajstić information content (AvgIpc) is 2.46. The van der Waals surface area contributed by atoms with E-state index in [2.05, 4.69) is 0 Å². The number of halogens is 2. The highest BCUT2D eigenvalue weighted by Gasteiger charge is 2.36.